The van der Waals surface area contributed by atoms with Gasteiger partial charge in [-0.3, -0.25) is 14.9 Å². The van der Waals surface area contributed by atoms with E-state index in [1.165, 1.54) is 6.07 Å². The lowest BCUT2D eigenvalue weighted by molar-refractivity contribution is -0.385. The van der Waals surface area contributed by atoms with Crippen molar-refractivity contribution in [1.82, 2.24) is 0 Å². The summed E-state index contributed by atoms with van der Waals surface area (Å²) in [7, 11) is 0. The number of nitro groups is 1. The van der Waals surface area contributed by atoms with Gasteiger partial charge in [-0.2, -0.15) is 0 Å². The minimum Gasteiger partial charge on any atom is -0.322 e. The third kappa shape index (κ3) is 3.00. The largest absolute Gasteiger partial charge is 0.322 e. The minimum absolute atomic E-state index is 0.0263. The van der Waals surface area contributed by atoms with Gasteiger partial charge in [0.05, 0.1) is 4.92 Å². The van der Waals surface area contributed by atoms with Crippen molar-refractivity contribution < 1.29 is 9.72 Å². The Hall–Kier alpha value is -2.69. The van der Waals surface area contributed by atoms with Crippen LogP contribution in [-0.2, 0) is 6.42 Å². The zero-order valence-corrected chi connectivity index (χ0v) is 11.0. The summed E-state index contributed by atoms with van der Waals surface area (Å²) in [6.45, 7) is 1.85. The second-order valence-corrected chi connectivity index (χ2v) is 4.27. The maximum atomic E-state index is 12.0. The molecule has 5 heteroatoms. The van der Waals surface area contributed by atoms with Gasteiger partial charge >= 0.3 is 0 Å². The lowest BCUT2D eigenvalue weighted by Crippen LogP contribution is -2.12. The first-order chi connectivity index (χ1) is 9.61. The average Bonchev–Trinajstić information content (AvgIpc) is 2.48. The molecular weight excluding hydrogens is 256 g/mol. The lowest BCUT2D eigenvalue weighted by Gasteiger charge is -2.07. The van der Waals surface area contributed by atoms with Crippen LogP contribution >= 0.6 is 0 Å². The fourth-order valence-electron chi connectivity index (χ4n) is 1.90. The molecule has 0 spiro atoms. The zero-order valence-electron chi connectivity index (χ0n) is 11.0. The van der Waals surface area contributed by atoms with Crippen LogP contribution in [0.25, 0.3) is 0 Å². The molecule has 1 N–H and O–H groups in total. The molecule has 0 aliphatic heterocycles. The van der Waals surface area contributed by atoms with Crippen molar-refractivity contribution in [2.45, 2.75) is 13.3 Å². The van der Waals surface area contributed by atoms with E-state index >= 15 is 0 Å². The van der Waals surface area contributed by atoms with E-state index in [1.54, 1.807) is 36.4 Å². The Morgan fingerprint density at radius 1 is 1.20 bits per heavy atom. The van der Waals surface area contributed by atoms with Crippen molar-refractivity contribution in [3.8, 4) is 0 Å². The summed E-state index contributed by atoms with van der Waals surface area (Å²) in [4.78, 5) is 22.5. The number of hydrogen-bond acceptors (Lipinski definition) is 3. The van der Waals surface area contributed by atoms with Gasteiger partial charge in [0.15, 0.2) is 0 Å². The molecule has 0 saturated carbocycles. The molecular formula is C15H14N2O3. The third-order valence-electron chi connectivity index (χ3n) is 2.96. The number of benzene rings is 2. The fraction of sp³-hybridized carbons (Fsp3) is 0.133. The number of amides is 1. The van der Waals surface area contributed by atoms with Crippen molar-refractivity contribution in [2.24, 2.45) is 0 Å². The van der Waals surface area contributed by atoms with Gasteiger partial charge in [-0.1, -0.05) is 31.2 Å². The lowest BCUT2D eigenvalue weighted by atomic mass is 10.1. The van der Waals surface area contributed by atoms with Gasteiger partial charge < -0.3 is 5.32 Å². The number of hydrogen-bond donors (Lipinski definition) is 1. The van der Waals surface area contributed by atoms with Crippen LogP contribution in [-0.4, -0.2) is 10.8 Å². The average molecular weight is 270 g/mol. The number of nitro benzene ring substituents is 1. The number of carbonyl (C=O) groups is 1. The molecule has 0 atom stereocenters. The molecule has 0 radical (unpaired) electrons. The Morgan fingerprint density at radius 2 is 1.90 bits per heavy atom. The Balaban J connectivity index is 2.24. The molecule has 0 aliphatic rings. The summed E-state index contributed by atoms with van der Waals surface area (Å²) in [6.07, 6.45) is 0.573. The summed E-state index contributed by atoms with van der Waals surface area (Å²) in [6, 6.07) is 13.4. The highest BCUT2D eigenvalue weighted by Crippen LogP contribution is 2.24. The van der Waals surface area contributed by atoms with Crippen LogP contribution in [0.1, 0.15) is 22.8 Å². The highest BCUT2D eigenvalue weighted by atomic mass is 16.6. The van der Waals surface area contributed by atoms with Crippen molar-refractivity contribution in [3.63, 3.8) is 0 Å². The number of nitrogens with zero attached hydrogens (tertiary/aromatic N) is 1. The van der Waals surface area contributed by atoms with E-state index in [0.717, 1.165) is 0 Å². The summed E-state index contributed by atoms with van der Waals surface area (Å²) < 4.78 is 0. The molecule has 2 aromatic rings. The van der Waals surface area contributed by atoms with Crippen LogP contribution in [0, 0.1) is 10.1 Å². The van der Waals surface area contributed by atoms with Crippen LogP contribution in [0.15, 0.2) is 48.5 Å². The minimum atomic E-state index is -0.434. The second-order valence-electron chi connectivity index (χ2n) is 4.27. The van der Waals surface area contributed by atoms with Gasteiger partial charge in [-0.05, 0) is 24.6 Å². The Labute approximate surface area is 116 Å². The van der Waals surface area contributed by atoms with Crippen LogP contribution in [0.3, 0.4) is 0 Å². The van der Waals surface area contributed by atoms with Crippen LogP contribution in [0.2, 0.25) is 0 Å². The number of rotatable bonds is 4. The second kappa shape index (κ2) is 5.97. The summed E-state index contributed by atoms with van der Waals surface area (Å²) in [5.41, 5.74) is 1.60. The van der Waals surface area contributed by atoms with Gasteiger partial charge in [0.2, 0.25) is 0 Å². The quantitative estimate of drug-likeness (QED) is 0.683. The van der Waals surface area contributed by atoms with Crippen molar-refractivity contribution in [2.75, 3.05) is 5.32 Å². The van der Waals surface area contributed by atoms with Crippen molar-refractivity contribution in [1.29, 1.82) is 0 Å². The number of anilines is 1. The molecule has 1 amide bonds. The number of aryl methyl sites for hydroxylation is 1. The normalized spacial score (nSPS) is 10.1. The van der Waals surface area contributed by atoms with Crippen molar-refractivity contribution in [3.05, 3.63) is 69.8 Å². The van der Waals surface area contributed by atoms with E-state index in [2.05, 4.69) is 5.32 Å². The first kappa shape index (κ1) is 13.7. The SMILES string of the molecule is CCc1ccc(NC(=O)c2ccccc2)cc1[N+](=O)[O-]. The summed E-state index contributed by atoms with van der Waals surface area (Å²) >= 11 is 0. The summed E-state index contributed by atoms with van der Waals surface area (Å²) in [5.74, 6) is -0.288. The van der Waals surface area contributed by atoms with Gasteiger partial charge in [0.25, 0.3) is 11.6 Å². The first-order valence-electron chi connectivity index (χ1n) is 6.25. The number of carbonyl (C=O) groups excluding carboxylic acids is 1. The zero-order chi connectivity index (χ0) is 14.5. The molecule has 0 aliphatic carbocycles. The predicted octanol–water partition coefficient (Wildman–Crippen LogP) is 3.41. The van der Waals surface area contributed by atoms with E-state index in [4.69, 9.17) is 0 Å². The maximum Gasteiger partial charge on any atom is 0.274 e. The number of nitrogens with one attached hydrogen (secondary N) is 1. The summed E-state index contributed by atoms with van der Waals surface area (Å²) in [5, 5.41) is 13.6. The monoisotopic (exact) mass is 270 g/mol. The Morgan fingerprint density at radius 3 is 2.50 bits per heavy atom. The van der Waals surface area contributed by atoms with E-state index in [1.807, 2.05) is 13.0 Å². The van der Waals surface area contributed by atoms with Gasteiger partial charge in [-0.15, -0.1) is 0 Å². The molecule has 0 saturated heterocycles. The van der Waals surface area contributed by atoms with E-state index in [-0.39, 0.29) is 11.6 Å². The maximum absolute atomic E-state index is 12.0. The van der Waals surface area contributed by atoms with E-state index in [0.29, 0.717) is 23.2 Å². The highest BCUT2D eigenvalue weighted by Gasteiger charge is 2.14. The fourth-order valence-corrected chi connectivity index (χ4v) is 1.90. The Bertz CT molecular complexity index is 639. The molecule has 102 valence electrons. The van der Waals surface area contributed by atoms with Crippen molar-refractivity contribution >= 4 is 17.3 Å². The molecule has 20 heavy (non-hydrogen) atoms. The van der Waals surface area contributed by atoms with Crippen LogP contribution in [0.5, 0.6) is 0 Å². The predicted molar refractivity (Wildman–Crippen MR) is 76.9 cm³/mol. The molecule has 2 aromatic carbocycles. The van der Waals surface area contributed by atoms with Crippen LogP contribution in [0.4, 0.5) is 11.4 Å². The van der Waals surface area contributed by atoms with E-state index in [9.17, 15) is 14.9 Å². The molecule has 0 unspecified atom stereocenters. The van der Waals surface area contributed by atoms with Gasteiger partial charge in [0.1, 0.15) is 0 Å². The van der Waals surface area contributed by atoms with Gasteiger partial charge in [0, 0.05) is 22.9 Å². The third-order valence-corrected chi connectivity index (χ3v) is 2.96. The molecule has 0 fully saturated rings. The molecule has 2 rings (SSSR count). The first-order valence-corrected chi connectivity index (χ1v) is 6.25. The highest BCUT2D eigenvalue weighted by molar-refractivity contribution is 6.04. The van der Waals surface area contributed by atoms with E-state index < -0.39 is 4.92 Å². The van der Waals surface area contributed by atoms with Gasteiger partial charge in [-0.25, -0.2) is 0 Å². The molecule has 0 heterocycles. The topological polar surface area (TPSA) is 72.2 Å². The standard InChI is InChI=1S/C15H14N2O3/c1-2-11-8-9-13(10-14(11)17(19)20)16-15(18)12-6-4-3-5-7-12/h3-10H,2H2,1H3,(H,16,18). The smallest absolute Gasteiger partial charge is 0.274 e. The molecule has 0 bridgehead atoms. The van der Waals surface area contributed by atoms with Crippen LogP contribution < -0.4 is 5.32 Å². The molecule has 5 nitrogen and oxygen atoms in total. The molecule has 0 aromatic heterocycles. The Kier molecular flexibility index (Phi) is 4.10.